The van der Waals surface area contributed by atoms with E-state index in [2.05, 4.69) is 0 Å². The van der Waals surface area contributed by atoms with E-state index in [0.29, 0.717) is 24.4 Å². The number of primary amides is 1. The number of nitrogens with zero attached hydrogens (tertiary/aromatic N) is 1. The summed E-state index contributed by atoms with van der Waals surface area (Å²) in [4.78, 5) is 24.4. The highest BCUT2D eigenvalue weighted by atomic mass is 35.5. The number of hydrogen-bond donors (Lipinski definition) is 1. The summed E-state index contributed by atoms with van der Waals surface area (Å²) >= 11 is 6.02. The molecule has 1 heterocycles. The first kappa shape index (κ1) is 11.9. The zero-order valence-corrected chi connectivity index (χ0v) is 9.98. The molecule has 0 radical (unpaired) electrons. The second-order valence-corrected chi connectivity index (χ2v) is 4.48. The SMILES string of the molecule is NC(=O)[C@H]1CCC(=O)N1Cc1ccccc1Cl. The van der Waals surface area contributed by atoms with Gasteiger partial charge in [-0.2, -0.15) is 0 Å². The Morgan fingerprint density at radius 2 is 2.18 bits per heavy atom. The van der Waals surface area contributed by atoms with E-state index in [4.69, 9.17) is 17.3 Å². The molecule has 0 bridgehead atoms. The first-order chi connectivity index (χ1) is 8.09. The van der Waals surface area contributed by atoms with Crippen molar-refractivity contribution in [2.24, 2.45) is 5.73 Å². The summed E-state index contributed by atoms with van der Waals surface area (Å²) in [6.45, 7) is 0.339. The highest BCUT2D eigenvalue weighted by Crippen LogP contribution is 2.24. The number of carbonyl (C=O) groups is 2. The maximum Gasteiger partial charge on any atom is 0.240 e. The summed E-state index contributed by atoms with van der Waals surface area (Å²) in [7, 11) is 0. The van der Waals surface area contributed by atoms with Gasteiger partial charge in [0.25, 0.3) is 0 Å². The molecular weight excluding hydrogens is 240 g/mol. The van der Waals surface area contributed by atoms with Crippen molar-refractivity contribution in [3.63, 3.8) is 0 Å². The van der Waals surface area contributed by atoms with Crippen LogP contribution in [0.1, 0.15) is 18.4 Å². The Morgan fingerprint density at radius 3 is 2.82 bits per heavy atom. The lowest BCUT2D eigenvalue weighted by atomic mass is 10.1. The maximum absolute atomic E-state index is 11.7. The zero-order chi connectivity index (χ0) is 12.4. The van der Waals surface area contributed by atoms with Gasteiger partial charge in [-0.25, -0.2) is 0 Å². The minimum atomic E-state index is -0.501. The topological polar surface area (TPSA) is 63.4 Å². The molecule has 2 rings (SSSR count). The molecule has 4 nitrogen and oxygen atoms in total. The van der Waals surface area contributed by atoms with Crippen LogP contribution in [-0.4, -0.2) is 22.8 Å². The molecule has 17 heavy (non-hydrogen) atoms. The van der Waals surface area contributed by atoms with Crippen molar-refractivity contribution in [1.29, 1.82) is 0 Å². The Bertz CT molecular complexity index is 462. The highest BCUT2D eigenvalue weighted by molar-refractivity contribution is 6.31. The first-order valence-corrected chi connectivity index (χ1v) is 5.79. The van der Waals surface area contributed by atoms with Gasteiger partial charge in [-0.05, 0) is 18.1 Å². The number of amides is 2. The monoisotopic (exact) mass is 252 g/mol. The summed E-state index contributed by atoms with van der Waals surface area (Å²) in [6, 6.07) is 6.77. The van der Waals surface area contributed by atoms with Gasteiger partial charge >= 0.3 is 0 Å². The van der Waals surface area contributed by atoms with Crippen LogP contribution in [0.5, 0.6) is 0 Å². The Hall–Kier alpha value is -1.55. The van der Waals surface area contributed by atoms with Crippen LogP contribution in [0.15, 0.2) is 24.3 Å². The number of likely N-dealkylation sites (tertiary alicyclic amines) is 1. The predicted octanol–water partition coefficient (Wildman–Crippen LogP) is 1.32. The number of halogens is 1. The zero-order valence-electron chi connectivity index (χ0n) is 9.23. The fraction of sp³-hybridized carbons (Fsp3) is 0.333. The minimum Gasteiger partial charge on any atom is -0.368 e. The lowest BCUT2D eigenvalue weighted by molar-refractivity contribution is -0.134. The van der Waals surface area contributed by atoms with Gasteiger partial charge in [0.2, 0.25) is 11.8 Å². The average molecular weight is 253 g/mol. The minimum absolute atomic E-state index is 0.0475. The van der Waals surface area contributed by atoms with Crippen LogP contribution >= 0.6 is 11.6 Å². The molecule has 1 fully saturated rings. The van der Waals surface area contributed by atoms with Crippen molar-refractivity contribution in [2.75, 3.05) is 0 Å². The summed E-state index contributed by atoms with van der Waals surface area (Å²) in [5.41, 5.74) is 6.11. The molecule has 1 aliphatic rings. The quantitative estimate of drug-likeness (QED) is 0.882. The second-order valence-electron chi connectivity index (χ2n) is 4.07. The molecule has 0 spiro atoms. The Morgan fingerprint density at radius 1 is 1.47 bits per heavy atom. The molecule has 0 saturated carbocycles. The van der Waals surface area contributed by atoms with Crippen molar-refractivity contribution >= 4 is 23.4 Å². The van der Waals surface area contributed by atoms with Crippen LogP contribution in [0.3, 0.4) is 0 Å². The normalized spacial score (nSPS) is 19.7. The summed E-state index contributed by atoms with van der Waals surface area (Å²) in [5, 5.41) is 0.593. The summed E-state index contributed by atoms with van der Waals surface area (Å²) in [5.74, 6) is -0.503. The predicted molar refractivity (Wildman–Crippen MR) is 64.2 cm³/mol. The lowest BCUT2D eigenvalue weighted by Crippen LogP contribution is -2.41. The molecule has 1 atom stereocenters. The van der Waals surface area contributed by atoms with Crippen LogP contribution in [0.25, 0.3) is 0 Å². The van der Waals surface area contributed by atoms with Gasteiger partial charge in [-0.15, -0.1) is 0 Å². The average Bonchev–Trinajstić information content (AvgIpc) is 2.64. The molecule has 1 aromatic rings. The highest BCUT2D eigenvalue weighted by Gasteiger charge is 2.34. The van der Waals surface area contributed by atoms with Crippen molar-refractivity contribution in [3.8, 4) is 0 Å². The van der Waals surface area contributed by atoms with Crippen molar-refractivity contribution in [1.82, 2.24) is 4.90 Å². The molecule has 0 unspecified atom stereocenters. The van der Waals surface area contributed by atoms with E-state index in [1.807, 2.05) is 18.2 Å². The molecule has 90 valence electrons. The van der Waals surface area contributed by atoms with Gasteiger partial charge in [-0.3, -0.25) is 9.59 Å². The number of benzene rings is 1. The van der Waals surface area contributed by atoms with Gasteiger partial charge in [-0.1, -0.05) is 29.8 Å². The van der Waals surface area contributed by atoms with Gasteiger partial charge in [0, 0.05) is 18.0 Å². The molecular formula is C12H13ClN2O2. The van der Waals surface area contributed by atoms with Crippen LogP contribution in [0.2, 0.25) is 5.02 Å². The van der Waals surface area contributed by atoms with Crippen LogP contribution in [-0.2, 0) is 16.1 Å². The largest absolute Gasteiger partial charge is 0.368 e. The standard InChI is InChI=1S/C12H13ClN2O2/c13-9-4-2-1-3-8(9)7-15-10(12(14)17)5-6-11(15)16/h1-4,10H,5-7H2,(H2,14,17)/t10-/m1/s1. The van der Waals surface area contributed by atoms with Gasteiger partial charge < -0.3 is 10.6 Å². The third-order valence-electron chi connectivity index (χ3n) is 2.96. The Kier molecular flexibility index (Phi) is 3.33. The van der Waals surface area contributed by atoms with Crippen LogP contribution < -0.4 is 5.73 Å². The molecule has 1 saturated heterocycles. The molecule has 2 N–H and O–H groups in total. The Balaban J connectivity index is 2.19. The fourth-order valence-electron chi connectivity index (χ4n) is 2.04. The Labute approximate surface area is 104 Å². The first-order valence-electron chi connectivity index (χ1n) is 5.42. The second kappa shape index (κ2) is 4.75. The van der Waals surface area contributed by atoms with E-state index in [0.717, 1.165) is 5.56 Å². The van der Waals surface area contributed by atoms with Crippen molar-refractivity contribution < 1.29 is 9.59 Å². The number of nitrogens with two attached hydrogens (primary N) is 1. The molecule has 5 heteroatoms. The van der Waals surface area contributed by atoms with Crippen molar-refractivity contribution in [3.05, 3.63) is 34.9 Å². The number of rotatable bonds is 3. The van der Waals surface area contributed by atoms with E-state index in [-0.39, 0.29) is 5.91 Å². The number of hydrogen-bond acceptors (Lipinski definition) is 2. The smallest absolute Gasteiger partial charge is 0.240 e. The van der Waals surface area contributed by atoms with Crippen LogP contribution in [0, 0.1) is 0 Å². The molecule has 0 aromatic heterocycles. The van der Waals surface area contributed by atoms with Gasteiger partial charge in [0.1, 0.15) is 6.04 Å². The van der Waals surface area contributed by atoms with Crippen molar-refractivity contribution in [2.45, 2.75) is 25.4 Å². The van der Waals surface area contributed by atoms with E-state index in [1.54, 1.807) is 6.07 Å². The third kappa shape index (κ3) is 2.42. The molecule has 1 aliphatic heterocycles. The van der Waals surface area contributed by atoms with E-state index in [9.17, 15) is 9.59 Å². The van der Waals surface area contributed by atoms with Crippen LogP contribution in [0.4, 0.5) is 0 Å². The third-order valence-corrected chi connectivity index (χ3v) is 3.32. The van der Waals surface area contributed by atoms with Gasteiger partial charge in [0.15, 0.2) is 0 Å². The summed E-state index contributed by atoms with van der Waals surface area (Å²) in [6.07, 6.45) is 0.872. The lowest BCUT2D eigenvalue weighted by Gasteiger charge is -2.22. The van der Waals surface area contributed by atoms with E-state index < -0.39 is 11.9 Å². The molecule has 1 aromatic carbocycles. The molecule has 0 aliphatic carbocycles. The van der Waals surface area contributed by atoms with Gasteiger partial charge in [0.05, 0.1) is 0 Å². The van der Waals surface area contributed by atoms with E-state index in [1.165, 1.54) is 4.90 Å². The number of carbonyl (C=O) groups excluding carboxylic acids is 2. The molecule has 2 amide bonds. The van der Waals surface area contributed by atoms with E-state index >= 15 is 0 Å². The summed E-state index contributed by atoms with van der Waals surface area (Å²) < 4.78 is 0. The maximum atomic E-state index is 11.7. The fourth-order valence-corrected chi connectivity index (χ4v) is 2.23.